The van der Waals surface area contributed by atoms with Gasteiger partial charge in [-0.05, 0) is 62.8 Å². The first-order chi connectivity index (χ1) is 21.7. The van der Waals surface area contributed by atoms with Gasteiger partial charge in [0.15, 0.2) is 0 Å². The monoisotopic (exact) mass is 775 g/mol. The van der Waals surface area contributed by atoms with Gasteiger partial charge in [-0.2, -0.15) is 0 Å². The quantitative estimate of drug-likeness (QED) is 0.131. The molecule has 0 amide bonds. The molecule has 0 bridgehead atoms. The Labute approximate surface area is 287 Å². The fraction of sp³-hybridized carbons (Fsp3) is 0.163. The second kappa shape index (κ2) is 14.3. The van der Waals surface area contributed by atoms with Crippen LogP contribution in [0.5, 0.6) is 0 Å². The molecule has 7 aromatic rings. The summed E-state index contributed by atoms with van der Waals surface area (Å²) in [6.45, 7) is 10.9. The Morgan fingerprint density at radius 1 is 0.587 bits per heavy atom. The van der Waals surface area contributed by atoms with Crippen LogP contribution in [0.4, 0.5) is 0 Å². The van der Waals surface area contributed by atoms with Crippen molar-refractivity contribution in [3.05, 3.63) is 156 Å². The van der Waals surface area contributed by atoms with E-state index in [-0.39, 0.29) is 20.1 Å². The molecule has 2 nitrogen and oxygen atoms in total. The average Bonchev–Trinajstić information content (AvgIpc) is 3.05. The van der Waals surface area contributed by atoms with Crippen LogP contribution < -0.4 is 0 Å². The molecule has 0 fully saturated rings. The zero-order valence-electron chi connectivity index (χ0n) is 27.1. The van der Waals surface area contributed by atoms with Crippen molar-refractivity contribution >= 4 is 21.5 Å². The fourth-order valence-electron chi connectivity index (χ4n) is 5.63. The van der Waals surface area contributed by atoms with Crippen molar-refractivity contribution in [2.45, 2.75) is 41.0 Å². The number of rotatable bonds is 4. The van der Waals surface area contributed by atoms with Gasteiger partial charge in [0.1, 0.15) is 0 Å². The van der Waals surface area contributed by atoms with Crippen LogP contribution in [0.2, 0.25) is 0 Å². The largest absolute Gasteiger partial charge is 0.304 e. The van der Waals surface area contributed by atoms with E-state index in [9.17, 15) is 0 Å². The molecule has 0 N–H and O–H groups in total. The van der Waals surface area contributed by atoms with E-state index in [1.165, 1.54) is 43.8 Å². The summed E-state index contributed by atoms with van der Waals surface area (Å²) >= 11 is 0. The van der Waals surface area contributed by atoms with Gasteiger partial charge in [0.25, 0.3) is 0 Å². The number of aromatic nitrogens is 2. The molecule has 0 aliphatic carbocycles. The molecule has 0 aliphatic heterocycles. The van der Waals surface area contributed by atoms with Crippen LogP contribution in [0.1, 0.15) is 37.5 Å². The summed E-state index contributed by atoms with van der Waals surface area (Å²) in [5.74, 6) is 0. The molecule has 0 aliphatic rings. The zero-order chi connectivity index (χ0) is 31.4. The van der Waals surface area contributed by atoms with Crippen LogP contribution in [-0.2, 0) is 26.5 Å². The van der Waals surface area contributed by atoms with Crippen LogP contribution in [-0.4, -0.2) is 9.97 Å². The van der Waals surface area contributed by atoms with Gasteiger partial charge in [0.05, 0.1) is 0 Å². The van der Waals surface area contributed by atoms with Crippen molar-refractivity contribution in [2.24, 2.45) is 5.41 Å². The molecule has 0 saturated carbocycles. The molecule has 1 radical (unpaired) electrons. The molecule has 0 saturated heterocycles. The molecule has 0 unspecified atom stereocenters. The average molecular weight is 775 g/mol. The molecular formula is C43H38IrN2-2. The Kier molecular flexibility index (Phi) is 10.3. The van der Waals surface area contributed by atoms with E-state index in [0.717, 1.165) is 34.5 Å². The molecule has 3 heteroatoms. The number of hydrogen-bond donors (Lipinski definition) is 0. The summed E-state index contributed by atoms with van der Waals surface area (Å²) < 4.78 is 0. The third-order valence-corrected chi connectivity index (χ3v) is 7.88. The Hall–Kier alpha value is -4.43. The fourth-order valence-corrected chi connectivity index (χ4v) is 5.63. The first-order valence-corrected chi connectivity index (χ1v) is 15.5. The van der Waals surface area contributed by atoms with Crippen molar-refractivity contribution < 1.29 is 20.1 Å². The maximum atomic E-state index is 4.53. The maximum Gasteiger partial charge on any atom is 0.0193 e. The third kappa shape index (κ3) is 7.85. The normalized spacial score (nSPS) is 11.1. The van der Waals surface area contributed by atoms with Crippen molar-refractivity contribution in [1.29, 1.82) is 0 Å². The number of fused-ring (bicyclic) bond motifs is 3. The predicted molar refractivity (Wildman–Crippen MR) is 190 cm³/mol. The number of aryl methyl sites for hydroxylation is 2. The molecule has 5 aromatic carbocycles. The maximum absolute atomic E-state index is 4.53. The zero-order valence-corrected chi connectivity index (χ0v) is 29.5. The first kappa shape index (κ1) is 32.9. The van der Waals surface area contributed by atoms with E-state index in [4.69, 9.17) is 0 Å². The molecular weight excluding hydrogens is 737 g/mol. The van der Waals surface area contributed by atoms with Gasteiger partial charge in [-0.1, -0.05) is 118 Å². The van der Waals surface area contributed by atoms with Gasteiger partial charge in [0, 0.05) is 32.5 Å². The molecule has 0 atom stereocenters. The van der Waals surface area contributed by atoms with E-state index < -0.39 is 0 Å². The summed E-state index contributed by atoms with van der Waals surface area (Å²) in [5, 5.41) is 5.11. The van der Waals surface area contributed by atoms with Crippen LogP contribution in [0.15, 0.2) is 128 Å². The summed E-state index contributed by atoms with van der Waals surface area (Å²) in [7, 11) is 0. The molecule has 231 valence electrons. The van der Waals surface area contributed by atoms with Gasteiger partial charge in [-0.3, -0.25) is 0 Å². The summed E-state index contributed by atoms with van der Waals surface area (Å²) in [4.78, 5) is 9.04. The van der Waals surface area contributed by atoms with Crippen LogP contribution >= 0.6 is 0 Å². The predicted octanol–water partition coefficient (Wildman–Crippen LogP) is 11.3. The van der Waals surface area contributed by atoms with Crippen LogP contribution in [0.3, 0.4) is 0 Å². The number of pyridine rings is 2. The Balaban J connectivity index is 0.000000193. The van der Waals surface area contributed by atoms with Gasteiger partial charge in [-0.15, -0.1) is 65.2 Å². The van der Waals surface area contributed by atoms with E-state index in [0.29, 0.717) is 5.41 Å². The van der Waals surface area contributed by atoms with E-state index in [2.05, 4.69) is 160 Å². The van der Waals surface area contributed by atoms with Gasteiger partial charge < -0.3 is 9.97 Å². The standard InChI is InChI=1S/C26H18N.C17H20N.Ir/c1-18-10-15-26(27-17-18)20-13-11-19(12-14-20)25-16-21-6-2-3-7-22(21)23-8-4-5-9-24(23)25;1-13-5-8-15(9-6-13)16-10-7-14(12-18-16)11-17(2,3)4;/h2-13,15-17H,1H3;5-8,10,12H,11H2,1-4H3;/q2*-1;. The Bertz CT molecular complexity index is 2040. The molecule has 0 spiro atoms. The van der Waals surface area contributed by atoms with Gasteiger partial charge in [-0.25, -0.2) is 0 Å². The number of hydrogen-bond acceptors (Lipinski definition) is 2. The van der Waals surface area contributed by atoms with E-state index in [1.807, 2.05) is 24.5 Å². The third-order valence-electron chi connectivity index (χ3n) is 7.88. The minimum atomic E-state index is 0. The summed E-state index contributed by atoms with van der Waals surface area (Å²) in [6, 6.07) is 47.1. The summed E-state index contributed by atoms with van der Waals surface area (Å²) in [5.41, 5.74) is 10.4. The van der Waals surface area contributed by atoms with Crippen molar-refractivity contribution in [2.75, 3.05) is 0 Å². The minimum absolute atomic E-state index is 0. The topological polar surface area (TPSA) is 25.8 Å². The van der Waals surface area contributed by atoms with Crippen molar-refractivity contribution in [1.82, 2.24) is 9.97 Å². The van der Waals surface area contributed by atoms with Crippen LogP contribution in [0.25, 0.3) is 55.2 Å². The molecule has 2 heterocycles. The molecule has 2 aromatic heterocycles. The second-order valence-corrected chi connectivity index (χ2v) is 13.0. The van der Waals surface area contributed by atoms with Crippen LogP contribution in [0, 0.1) is 31.4 Å². The van der Waals surface area contributed by atoms with E-state index in [1.54, 1.807) is 0 Å². The van der Waals surface area contributed by atoms with Crippen molar-refractivity contribution in [3.63, 3.8) is 0 Å². The smallest absolute Gasteiger partial charge is 0.0193 e. The first-order valence-electron chi connectivity index (χ1n) is 15.5. The molecule has 7 rings (SSSR count). The number of nitrogens with zero attached hydrogens (tertiary/aromatic N) is 2. The van der Waals surface area contributed by atoms with E-state index >= 15 is 0 Å². The van der Waals surface area contributed by atoms with Crippen molar-refractivity contribution in [3.8, 4) is 33.6 Å². The molecule has 46 heavy (non-hydrogen) atoms. The summed E-state index contributed by atoms with van der Waals surface area (Å²) in [6.07, 6.45) is 4.93. The SMILES string of the molecule is Cc1c[c-]c(-c2ccc(CC(C)(C)C)cn2)cc1.Cc1ccc(-c2[c-]cc(-c3cc4ccccc4c4ccccc34)cc2)nc1.[Ir]. The Morgan fingerprint density at radius 3 is 1.78 bits per heavy atom. The second-order valence-electron chi connectivity index (χ2n) is 13.0. The number of benzene rings is 5. The minimum Gasteiger partial charge on any atom is -0.304 e. The van der Waals surface area contributed by atoms with Gasteiger partial charge >= 0.3 is 0 Å². The Morgan fingerprint density at radius 2 is 1.20 bits per heavy atom. The van der Waals surface area contributed by atoms with Gasteiger partial charge in [0.2, 0.25) is 0 Å².